The fraction of sp³-hybridized carbons (Fsp3) is 0.174. The van der Waals surface area contributed by atoms with Gasteiger partial charge >= 0.3 is 0 Å². The third kappa shape index (κ3) is 5.03. The summed E-state index contributed by atoms with van der Waals surface area (Å²) in [6.07, 6.45) is 0. The van der Waals surface area contributed by atoms with E-state index < -0.39 is 10.0 Å². The van der Waals surface area contributed by atoms with Crippen LogP contribution < -0.4 is 10.0 Å². The van der Waals surface area contributed by atoms with E-state index in [0.29, 0.717) is 5.69 Å². The molecule has 29 heavy (non-hydrogen) atoms. The highest BCUT2D eigenvalue weighted by molar-refractivity contribution is 7.92. The Labute approximate surface area is 171 Å². The van der Waals surface area contributed by atoms with Crippen LogP contribution in [0.2, 0.25) is 0 Å². The largest absolute Gasteiger partial charge is 0.346 e. The number of amides is 1. The molecule has 0 aromatic heterocycles. The zero-order valence-electron chi connectivity index (χ0n) is 16.6. The Bertz CT molecular complexity index is 1120. The molecule has 1 atom stereocenters. The second kappa shape index (κ2) is 8.49. The molecule has 6 heteroatoms. The van der Waals surface area contributed by atoms with Crippen LogP contribution in [0, 0.1) is 13.8 Å². The molecule has 1 unspecified atom stereocenters. The highest BCUT2D eigenvalue weighted by Gasteiger charge is 2.18. The van der Waals surface area contributed by atoms with Crippen molar-refractivity contribution in [3.63, 3.8) is 0 Å². The van der Waals surface area contributed by atoms with Crippen molar-refractivity contribution in [3.8, 4) is 0 Å². The number of carbonyl (C=O) groups excluding carboxylic acids is 1. The first-order valence-electron chi connectivity index (χ1n) is 9.32. The summed E-state index contributed by atoms with van der Waals surface area (Å²) in [6.45, 7) is 5.72. The van der Waals surface area contributed by atoms with Gasteiger partial charge in [-0.1, -0.05) is 54.1 Å². The van der Waals surface area contributed by atoms with Crippen molar-refractivity contribution in [1.29, 1.82) is 0 Å². The molecule has 0 saturated heterocycles. The van der Waals surface area contributed by atoms with Crippen molar-refractivity contribution in [2.24, 2.45) is 0 Å². The number of benzene rings is 3. The maximum absolute atomic E-state index is 12.8. The number of aryl methyl sites for hydroxylation is 2. The van der Waals surface area contributed by atoms with Crippen molar-refractivity contribution >= 4 is 21.6 Å². The molecule has 0 saturated carbocycles. The molecule has 0 heterocycles. The minimum atomic E-state index is -3.81. The Hall–Kier alpha value is -3.12. The lowest BCUT2D eigenvalue weighted by atomic mass is 10.1. The van der Waals surface area contributed by atoms with Gasteiger partial charge in [0, 0.05) is 5.56 Å². The normalized spacial score (nSPS) is 12.2. The average Bonchev–Trinajstić information content (AvgIpc) is 2.70. The van der Waals surface area contributed by atoms with Gasteiger partial charge in [-0.15, -0.1) is 0 Å². The zero-order chi connectivity index (χ0) is 21.0. The number of sulfonamides is 1. The van der Waals surface area contributed by atoms with Gasteiger partial charge in [0.15, 0.2) is 0 Å². The monoisotopic (exact) mass is 408 g/mol. The molecule has 2 N–H and O–H groups in total. The van der Waals surface area contributed by atoms with Gasteiger partial charge in [0.05, 0.1) is 16.6 Å². The number of anilines is 1. The summed E-state index contributed by atoms with van der Waals surface area (Å²) in [4.78, 5) is 12.7. The molecule has 0 aliphatic rings. The van der Waals surface area contributed by atoms with E-state index in [1.807, 2.05) is 57.2 Å². The van der Waals surface area contributed by atoms with Gasteiger partial charge in [0.25, 0.3) is 15.9 Å². The van der Waals surface area contributed by atoms with Crippen LogP contribution in [-0.2, 0) is 10.0 Å². The van der Waals surface area contributed by atoms with Crippen LogP contribution in [0.15, 0.2) is 77.7 Å². The van der Waals surface area contributed by atoms with Crippen LogP contribution >= 0.6 is 0 Å². The summed E-state index contributed by atoms with van der Waals surface area (Å²) in [5.74, 6) is -0.328. The first-order valence-corrected chi connectivity index (χ1v) is 10.8. The van der Waals surface area contributed by atoms with E-state index >= 15 is 0 Å². The average molecular weight is 409 g/mol. The molecule has 3 rings (SSSR count). The molecule has 0 bridgehead atoms. The first-order chi connectivity index (χ1) is 13.8. The Balaban J connectivity index is 1.78. The Morgan fingerprint density at radius 3 is 2.28 bits per heavy atom. The van der Waals surface area contributed by atoms with Gasteiger partial charge < -0.3 is 5.32 Å². The molecule has 0 fully saturated rings. The maximum atomic E-state index is 12.8. The van der Waals surface area contributed by atoms with E-state index in [9.17, 15) is 13.2 Å². The molecule has 3 aromatic carbocycles. The van der Waals surface area contributed by atoms with Gasteiger partial charge in [0.1, 0.15) is 0 Å². The third-order valence-electron chi connectivity index (χ3n) is 4.72. The summed E-state index contributed by atoms with van der Waals surface area (Å²) in [6, 6.07) is 20.9. The van der Waals surface area contributed by atoms with E-state index in [-0.39, 0.29) is 22.4 Å². The maximum Gasteiger partial charge on any atom is 0.261 e. The number of rotatable bonds is 6. The van der Waals surface area contributed by atoms with E-state index in [2.05, 4.69) is 10.0 Å². The third-order valence-corrected chi connectivity index (χ3v) is 6.08. The number of nitrogens with one attached hydrogen (secondary N) is 2. The lowest BCUT2D eigenvalue weighted by Crippen LogP contribution is -2.27. The molecule has 150 valence electrons. The van der Waals surface area contributed by atoms with Crippen LogP contribution in [0.1, 0.15) is 40.0 Å². The van der Waals surface area contributed by atoms with E-state index in [1.165, 1.54) is 12.1 Å². The highest BCUT2D eigenvalue weighted by Crippen LogP contribution is 2.20. The summed E-state index contributed by atoms with van der Waals surface area (Å²) < 4.78 is 28.1. The quantitative estimate of drug-likeness (QED) is 0.626. The lowest BCUT2D eigenvalue weighted by Gasteiger charge is -2.15. The van der Waals surface area contributed by atoms with E-state index in [1.54, 1.807) is 24.3 Å². The summed E-state index contributed by atoms with van der Waals surface area (Å²) in [5, 5.41) is 2.92. The molecule has 3 aromatic rings. The van der Waals surface area contributed by atoms with E-state index in [0.717, 1.165) is 16.7 Å². The Morgan fingerprint density at radius 2 is 1.59 bits per heavy atom. The molecule has 0 aliphatic heterocycles. The molecule has 0 aliphatic carbocycles. The van der Waals surface area contributed by atoms with Crippen molar-refractivity contribution in [3.05, 3.63) is 95.1 Å². The van der Waals surface area contributed by atoms with Crippen LogP contribution in [0.5, 0.6) is 0 Å². The van der Waals surface area contributed by atoms with E-state index in [4.69, 9.17) is 0 Å². The summed E-state index contributed by atoms with van der Waals surface area (Å²) in [7, 11) is -3.81. The summed E-state index contributed by atoms with van der Waals surface area (Å²) >= 11 is 0. The SMILES string of the molecule is Cc1ccc(C(C)NC(=O)c2cccc(S(=O)(=O)Nc3ccccc3C)c2)cc1. The van der Waals surface area contributed by atoms with Crippen LogP contribution in [-0.4, -0.2) is 14.3 Å². The minimum absolute atomic E-state index is 0.0383. The van der Waals surface area contributed by atoms with Gasteiger partial charge in [-0.05, 0) is 56.2 Å². The minimum Gasteiger partial charge on any atom is -0.346 e. The van der Waals surface area contributed by atoms with Gasteiger partial charge in [-0.25, -0.2) is 8.42 Å². The second-order valence-electron chi connectivity index (χ2n) is 7.05. The number of hydrogen-bond acceptors (Lipinski definition) is 3. The van der Waals surface area contributed by atoms with Crippen LogP contribution in [0.25, 0.3) is 0 Å². The topological polar surface area (TPSA) is 75.3 Å². The van der Waals surface area contributed by atoms with Crippen molar-refractivity contribution < 1.29 is 13.2 Å². The molecule has 0 radical (unpaired) electrons. The number of carbonyl (C=O) groups is 1. The summed E-state index contributed by atoms with van der Waals surface area (Å²) in [5.41, 5.74) is 3.74. The molecular weight excluding hydrogens is 384 g/mol. The zero-order valence-corrected chi connectivity index (χ0v) is 17.5. The fourth-order valence-electron chi connectivity index (χ4n) is 2.91. The number of hydrogen-bond donors (Lipinski definition) is 2. The van der Waals surface area contributed by atoms with Gasteiger partial charge in [0.2, 0.25) is 0 Å². The predicted octanol–water partition coefficient (Wildman–Crippen LogP) is 4.60. The van der Waals surface area contributed by atoms with Crippen LogP contribution in [0.4, 0.5) is 5.69 Å². The van der Waals surface area contributed by atoms with Gasteiger partial charge in [-0.3, -0.25) is 9.52 Å². The molecular formula is C23H24N2O3S. The highest BCUT2D eigenvalue weighted by atomic mass is 32.2. The predicted molar refractivity (Wildman–Crippen MR) is 115 cm³/mol. The van der Waals surface area contributed by atoms with Crippen molar-refractivity contribution in [2.75, 3.05) is 4.72 Å². The lowest BCUT2D eigenvalue weighted by molar-refractivity contribution is 0.0939. The van der Waals surface area contributed by atoms with Crippen LogP contribution in [0.3, 0.4) is 0 Å². The second-order valence-corrected chi connectivity index (χ2v) is 8.74. The van der Waals surface area contributed by atoms with Gasteiger partial charge in [-0.2, -0.15) is 0 Å². The fourth-order valence-corrected chi connectivity index (χ4v) is 4.09. The first kappa shape index (κ1) is 20.6. The smallest absolute Gasteiger partial charge is 0.261 e. The molecule has 0 spiro atoms. The standard InChI is InChI=1S/C23H24N2O3S/c1-16-11-13-19(14-12-16)18(3)24-23(26)20-8-6-9-21(15-20)29(27,28)25-22-10-5-4-7-17(22)2/h4-15,18,25H,1-3H3,(H,24,26). The van der Waals surface area contributed by atoms with Crippen molar-refractivity contribution in [1.82, 2.24) is 5.32 Å². The Morgan fingerprint density at radius 1 is 0.897 bits per heavy atom. The molecule has 1 amide bonds. The number of para-hydroxylation sites is 1. The molecule has 5 nitrogen and oxygen atoms in total. The Kier molecular flexibility index (Phi) is 6.03. The van der Waals surface area contributed by atoms with Crippen molar-refractivity contribution in [2.45, 2.75) is 31.7 Å².